The van der Waals surface area contributed by atoms with Crippen molar-refractivity contribution in [1.82, 2.24) is 4.90 Å². The molecule has 1 amide bonds. The quantitative estimate of drug-likeness (QED) is 0.244. The minimum atomic E-state index is -1.34. The number of amides is 1. The van der Waals surface area contributed by atoms with Crippen molar-refractivity contribution < 1.29 is 30.0 Å². The van der Waals surface area contributed by atoms with Gasteiger partial charge >= 0.3 is 0 Å². The molecule has 1 aromatic rings. The smallest absolute Gasteiger partial charge is 0.254 e. The molecule has 7 heteroatoms. The van der Waals surface area contributed by atoms with Crippen molar-refractivity contribution in [2.24, 2.45) is 29.1 Å². The van der Waals surface area contributed by atoms with Gasteiger partial charge in [-0.15, -0.1) is 0 Å². The lowest BCUT2D eigenvalue weighted by Crippen LogP contribution is -2.45. The molecule has 5 rings (SSSR count). The van der Waals surface area contributed by atoms with Crippen LogP contribution >= 0.6 is 0 Å². The Balaban J connectivity index is 1.28. The SMILES string of the molecule is C=C1/C(=C\C=C2/CCC[C@]3(C)[C@@H]([C@H](C)C[C@H]4[C@H](C)[C@](C)(O)C(=O)N4CCc4ccccc4)CC[C@@H]23)C[C@@H](O)[C@H](OCCCO)[C@@H]1O. The Bertz CT molecular complexity index is 1290. The van der Waals surface area contributed by atoms with Crippen LogP contribution in [0.15, 0.2) is 65.8 Å². The van der Waals surface area contributed by atoms with E-state index < -0.39 is 23.9 Å². The molecule has 3 saturated carbocycles. The molecular weight excluding hydrogens is 578 g/mol. The first-order valence-electron chi connectivity index (χ1n) is 17.6. The summed E-state index contributed by atoms with van der Waals surface area (Å²) in [5, 5.41) is 41.9. The predicted octanol–water partition coefficient (Wildman–Crippen LogP) is 5.37. The van der Waals surface area contributed by atoms with Gasteiger partial charge in [0.1, 0.15) is 17.8 Å². The van der Waals surface area contributed by atoms with Crippen molar-refractivity contribution in [3.8, 4) is 0 Å². The molecule has 1 saturated heterocycles. The van der Waals surface area contributed by atoms with E-state index in [-0.39, 0.29) is 36.5 Å². The minimum absolute atomic E-state index is 0.00692. The lowest BCUT2D eigenvalue weighted by molar-refractivity contribution is -0.143. The summed E-state index contributed by atoms with van der Waals surface area (Å²) in [5.74, 6) is 1.15. The van der Waals surface area contributed by atoms with Crippen LogP contribution in [-0.4, -0.2) is 80.9 Å². The summed E-state index contributed by atoms with van der Waals surface area (Å²) in [6.07, 6.45) is 9.97. The van der Waals surface area contributed by atoms with Gasteiger partial charge in [-0.3, -0.25) is 4.79 Å². The molecule has 0 spiro atoms. The number of fused-ring (bicyclic) bond motifs is 1. The van der Waals surface area contributed by atoms with Crippen molar-refractivity contribution in [3.63, 3.8) is 0 Å². The van der Waals surface area contributed by atoms with Crippen LogP contribution in [0.4, 0.5) is 0 Å². The average Bonchev–Trinajstić information content (AvgIpc) is 3.47. The van der Waals surface area contributed by atoms with Crippen LogP contribution in [0.2, 0.25) is 0 Å². The van der Waals surface area contributed by atoms with E-state index >= 15 is 0 Å². The number of hydrogen-bond acceptors (Lipinski definition) is 6. The van der Waals surface area contributed by atoms with Gasteiger partial charge in [-0.05, 0) is 98.2 Å². The van der Waals surface area contributed by atoms with E-state index in [4.69, 9.17) is 9.84 Å². The fourth-order valence-electron chi connectivity index (χ4n) is 9.47. The van der Waals surface area contributed by atoms with Crippen LogP contribution < -0.4 is 0 Å². The number of aliphatic hydroxyl groups excluding tert-OH is 3. The summed E-state index contributed by atoms with van der Waals surface area (Å²) in [7, 11) is 0. The zero-order valence-corrected chi connectivity index (χ0v) is 28.4. The number of hydrogen-bond donors (Lipinski definition) is 4. The third-order valence-corrected chi connectivity index (χ3v) is 12.4. The van der Waals surface area contributed by atoms with Gasteiger partial charge in [0.25, 0.3) is 5.91 Å². The normalized spacial score (nSPS) is 39.0. The summed E-state index contributed by atoms with van der Waals surface area (Å²) in [6.45, 7) is 13.6. The van der Waals surface area contributed by atoms with E-state index in [1.54, 1.807) is 6.92 Å². The van der Waals surface area contributed by atoms with E-state index in [0.29, 0.717) is 42.7 Å². The molecule has 0 aromatic heterocycles. The molecule has 3 aliphatic carbocycles. The molecule has 4 fully saturated rings. The average molecular weight is 636 g/mol. The molecule has 0 bridgehead atoms. The molecule has 46 heavy (non-hydrogen) atoms. The number of carbonyl (C=O) groups is 1. The van der Waals surface area contributed by atoms with Crippen molar-refractivity contribution in [1.29, 1.82) is 0 Å². The number of nitrogens with zero attached hydrogens (tertiary/aromatic N) is 1. The van der Waals surface area contributed by atoms with E-state index in [1.807, 2.05) is 30.0 Å². The van der Waals surface area contributed by atoms with E-state index in [9.17, 15) is 20.1 Å². The molecular formula is C39H57NO6. The Hall–Kier alpha value is -2.29. The van der Waals surface area contributed by atoms with E-state index in [1.165, 1.54) is 17.6 Å². The van der Waals surface area contributed by atoms with Crippen LogP contribution in [0.3, 0.4) is 0 Å². The van der Waals surface area contributed by atoms with Crippen LogP contribution in [0.25, 0.3) is 0 Å². The van der Waals surface area contributed by atoms with Crippen molar-refractivity contribution >= 4 is 5.91 Å². The molecule has 0 unspecified atom stereocenters. The van der Waals surface area contributed by atoms with Crippen molar-refractivity contribution in [3.05, 3.63) is 71.3 Å². The van der Waals surface area contributed by atoms with Crippen molar-refractivity contribution in [2.75, 3.05) is 19.8 Å². The second kappa shape index (κ2) is 14.4. The monoisotopic (exact) mass is 635 g/mol. The molecule has 254 valence electrons. The lowest BCUT2D eigenvalue weighted by Gasteiger charge is -2.45. The van der Waals surface area contributed by atoms with Gasteiger partial charge in [0.2, 0.25) is 0 Å². The third kappa shape index (κ3) is 6.82. The summed E-state index contributed by atoms with van der Waals surface area (Å²) in [6, 6.07) is 10.3. The number of benzene rings is 1. The van der Waals surface area contributed by atoms with Gasteiger partial charge < -0.3 is 30.1 Å². The van der Waals surface area contributed by atoms with Crippen LogP contribution in [0.1, 0.15) is 84.6 Å². The molecule has 1 heterocycles. The zero-order chi connectivity index (χ0) is 33.2. The standard InChI is InChI=1S/C39H57NO6/c1-25(23-33-27(3)39(5,45)37(44)40(33)20-18-28-11-7-6-8-12-28)31-16-17-32-29(13-9-19-38(31,32)4)14-15-30-24-34(42)36(35(43)26(30)2)46-22-10-21-41/h6-8,11-12,14-15,25,27,31-36,41-43,45H,2,9-10,13,16-24H2,1,3-5H3/b29-14+,30-15-/t25-,27+,31-,32+,33+,34-,35-,36+,38-,39+/m1/s1. The van der Waals surface area contributed by atoms with Gasteiger partial charge in [0.05, 0.1) is 6.10 Å². The number of aliphatic hydroxyl groups is 4. The Morgan fingerprint density at radius 1 is 1.15 bits per heavy atom. The van der Waals surface area contributed by atoms with Crippen molar-refractivity contribution in [2.45, 2.75) is 115 Å². The van der Waals surface area contributed by atoms with Gasteiger partial charge in [0, 0.05) is 38.1 Å². The van der Waals surface area contributed by atoms with E-state index in [2.05, 4.69) is 44.7 Å². The maximum absolute atomic E-state index is 13.5. The maximum Gasteiger partial charge on any atom is 0.254 e. The summed E-state index contributed by atoms with van der Waals surface area (Å²) in [4.78, 5) is 15.4. The Labute approximate surface area is 276 Å². The number of rotatable bonds is 11. The van der Waals surface area contributed by atoms with Crippen LogP contribution in [0, 0.1) is 29.1 Å². The zero-order valence-electron chi connectivity index (χ0n) is 28.4. The third-order valence-electron chi connectivity index (χ3n) is 12.4. The molecule has 1 aromatic carbocycles. The first-order chi connectivity index (χ1) is 21.9. The lowest BCUT2D eigenvalue weighted by atomic mass is 9.60. The molecule has 7 nitrogen and oxygen atoms in total. The van der Waals surface area contributed by atoms with Gasteiger partial charge in [-0.1, -0.05) is 75.4 Å². The molecule has 4 N–H and O–H groups in total. The number of allylic oxidation sites excluding steroid dienone is 3. The van der Waals surface area contributed by atoms with Gasteiger partial charge in [-0.2, -0.15) is 0 Å². The van der Waals surface area contributed by atoms with Crippen LogP contribution in [0.5, 0.6) is 0 Å². The van der Waals surface area contributed by atoms with E-state index in [0.717, 1.165) is 44.1 Å². The molecule has 0 radical (unpaired) electrons. The predicted molar refractivity (Wildman–Crippen MR) is 181 cm³/mol. The summed E-state index contributed by atoms with van der Waals surface area (Å²) < 4.78 is 5.68. The second-order valence-corrected chi connectivity index (χ2v) is 15.1. The molecule has 4 aliphatic rings. The second-order valence-electron chi connectivity index (χ2n) is 15.1. The summed E-state index contributed by atoms with van der Waals surface area (Å²) >= 11 is 0. The molecule has 1 aliphatic heterocycles. The Morgan fingerprint density at radius 2 is 1.89 bits per heavy atom. The highest BCUT2D eigenvalue weighted by molar-refractivity contribution is 5.87. The van der Waals surface area contributed by atoms with Gasteiger partial charge in [0.15, 0.2) is 0 Å². The van der Waals surface area contributed by atoms with Crippen LogP contribution in [-0.2, 0) is 16.0 Å². The topological polar surface area (TPSA) is 110 Å². The Morgan fingerprint density at radius 3 is 2.61 bits per heavy atom. The number of ether oxygens (including phenoxy) is 1. The minimum Gasteiger partial charge on any atom is -0.396 e. The Kier molecular flexibility index (Phi) is 11.0. The molecule has 10 atom stereocenters. The maximum atomic E-state index is 13.5. The fraction of sp³-hybridized carbons (Fsp3) is 0.667. The first kappa shape index (κ1) is 35.0. The highest BCUT2D eigenvalue weighted by atomic mass is 16.5. The fourth-order valence-corrected chi connectivity index (χ4v) is 9.47. The number of likely N-dealkylation sites (tertiary alicyclic amines) is 1. The largest absolute Gasteiger partial charge is 0.396 e. The highest BCUT2D eigenvalue weighted by Gasteiger charge is 2.55. The summed E-state index contributed by atoms with van der Waals surface area (Å²) in [5.41, 5.74) is 2.95. The van der Waals surface area contributed by atoms with Gasteiger partial charge in [-0.25, -0.2) is 0 Å². The number of carbonyl (C=O) groups excluding carboxylic acids is 1. The first-order valence-corrected chi connectivity index (χ1v) is 17.6. The highest BCUT2D eigenvalue weighted by Crippen LogP contribution is 2.60.